The normalized spacial score (nSPS) is 14.5. The number of fused-ring (bicyclic) bond motifs is 1. The van der Waals surface area contributed by atoms with Crippen molar-refractivity contribution in [2.45, 2.75) is 20.8 Å². The Morgan fingerprint density at radius 3 is 2.07 bits per heavy atom. The van der Waals surface area contributed by atoms with Gasteiger partial charge >= 0.3 is 0 Å². The van der Waals surface area contributed by atoms with E-state index < -0.39 is 0 Å². The lowest BCUT2D eigenvalue weighted by Crippen LogP contribution is -2.17. The second-order valence-corrected chi connectivity index (χ2v) is 9.90. The van der Waals surface area contributed by atoms with E-state index in [1.165, 1.54) is 15.4 Å². The number of ketones is 1. The standard InChI is InChI=1S/C25H19NOS2/c1-17-11-13-18(14-12-17)24(27)19-15-23(26-16-19)25(20-7-3-2-4-8-20)28-21-9-5-6-10-22(21)29-25/h2-16,26H,1H3. The molecule has 1 aromatic heterocycles. The Bertz CT molecular complexity index is 1150. The van der Waals surface area contributed by atoms with Crippen molar-refractivity contribution in [2.75, 3.05) is 0 Å². The Hall–Kier alpha value is -2.69. The van der Waals surface area contributed by atoms with E-state index in [0.29, 0.717) is 11.1 Å². The van der Waals surface area contributed by atoms with Crippen molar-refractivity contribution in [2.24, 2.45) is 0 Å². The van der Waals surface area contributed by atoms with E-state index in [9.17, 15) is 4.79 Å². The zero-order valence-corrected chi connectivity index (χ0v) is 17.5. The van der Waals surface area contributed by atoms with Crippen molar-refractivity contribution < 1.29 is 4.79 Å². The van der Waals surface area contributed by atoms with Crippen molar-refractivity contribution in [3.05, 3.63) is 119 Å². The number of hydrogen-bond donors (Lipinski definition) is 1. The maximum Gasteiger partial charge on any atom is 0.194 e. The third kappa shape index (κ3) is 3.22. The minimum atomic E-state index is -0.337. The Morgan fingerprint density at radius 1 is 0.793 bits per heavy atom. The van der Waals surface area contributed by atoms with Crippen LogP contribution in [0, 0.1) is 6.92 Å². The Morgan fingerprint density at radius 2 is 1.41 bits per heavy atom. The number of aryl methyl sites for hydroxylation is 1. The summed E-state index contributed by atoms with van der Waals surface area (Å²) in [6.45, 7) is 2.03. The Labute approximate surface area is 178 Å². The van der Waals surface area contributed by atoms with Crippen LogP contribution < -0.4 is 0 Å². The summed E-state index contributed by atoms with van der Waals surface area (Å²) in [6.07, 6.45) is 1.84. The predicted octanol–water partition coefficient (Wildman–Crippen LogP) is 6.65. The van der Waals surface area contributed by atoms with Crippen molar-refractivity contribution in [1.29, 1.82) is 0 Å². The van der Waals surface area contributed by atoms with Crippen LogP contribution in [0.15, 0.2) is 101 Å². The number of nitrogens with one attached hydrogen (secondary N) is 1. The Balaban J connectivity index is 1.57. The first kappa shape index (κ1) is 18.3. The number of carbonyl (C=O) groups is 1. The average Bonchev–Trinajstić information content (AvgIpc) is 3.40. The lowest BCUT2D eigenvalue weighted by Gasteiger charge is -2.26. The molecule has 0 bridgehead atoms. The molecule has 0 fully saturated rings. The Kier molecular flexibility index (Phi) is 4.61. The highest BCUT2D eigenvalue weighted by molar-refractivity contribution is 8.20. The second kappa shape index (κ2) is 7.29. The minimum absolute atomic E-state index is 0.0428. The molecule has 142 valence electrons. The summed E-state index contributed by atoms with van der Waals surface area (Å²) < 4.78 is -0.337. The topological polar surface area (TPSA) is 32.9 Å². The van der Waals surface area contributed by atoms with E-state index in [1.807, 2.05) is 73.0 Å². The molecule has 3 aromatic carbocycles. The highest BCUT2D eigenvalue weighted by Gasteiger charge is 2.43. The van der Waals surface area contributed by atoms with Gasteiger partial charge in [-0.15, -0.1) is 0 Å². The van der Waals surface area contributed by atoms with Crippen LogP contribution in [0.3, 0.4) is 0 Å². The average molecular weight is 414 g/mol. The number of thioether (sulfide) groups is 2. The summed E-state index contributed by atoms with van der Waals surface area (Å²) in [6, 6.07) is 28.8. The van der Waals surface area contributed by atoms with Gasteiger partial charge in [0.25, 0.3) is 0 Å². The molecule has 1 aliphatic rings. The van der Waals surface area contributed by atoms with Gasteiger partial charge in [-0.2, -0.15) is 0 Å². The zero-order valence-electron chi connectivity index (χ0n) is 15.9. The third-order valence-electron chi connectivity index (χ3n) is 5.12. The first-order valence-corrected chi connectivity index (χ1v) is 11.1. The van der Waals surface area contributed by atoms with Crippen molar-refractivity contribution in [1.82, 2.24) is 4.98 Å². The SMILES string of the molecule is Cc1ccc(C(=O)c2c[nH]c(C3(c4ccccc4)Sc4ccccc4S3)c2)cc1. The molecule has 2 heterocycles. The molecule has 5 rings (SSSR count). The largest absolute Gasteiger partial charge is 0.362 e. The number of aromatic amines is 1. The quantitative estimate of drug-likeness (QED) is 0.380. The van der Waals surface area contributed by atoms with Gasteiger partial charge in [-0.3, -0.25) is 4.79 Å². The maximum absolute atomic E-state index is 13.0. The van der Waals surface area contributed by atoms with Crippen LogP contribution >= 0.6 is 23.5 Å². The van der Waals surface area contributed by atoms with Crippen LogP contribution in [0.2, 0.25) is 0 Å². The number of aromatic nitrogens is 1. The molecule has 0 saturated carbocycles. The van der Waals surface area contributed by atoms with E-state index in [4.69, 9.17) is 0 Å². The molecule has 0 radical (unpaired) electrons. The summed E-state index contributed by atoms with van der Waals surface area (Å²) >= 11 is 3.67. The van der Waals surface area contributed by atoms with E-state index in [-0.39, 0.29) is 9.86 Å². The van der Waals surface area contributed by atoms with Crippen LogP contribution in [0.4, 0.5) is 0 Å². The molecule has 0 aliphatic carbocycles. The van der Waals surface area contributed by atoms with Crippen LogP contribution in [-0.2, 0) is 4.08 Å². The molecule has 4 heteroatoms. The number of carbonyl (C=O) groups excluding carboxylic acids is 1. The first-order valence-electron chi connectivity index (χ1n) is 9.48. The van der Waals surface area contributed by atoms with Gasteiger partial charge in [0, 0.05) is 32.8 Å². The molecule has 0 saturated heterocycles. The van der Waals surface area contributed by atoms with E-state index in [1.54, 1.807) is 0 Å². The van der Waals surface area contributed by atoms with Crippen molar-refractivity contribution >= 4 is 29.3 Å². The van der Waals surface area contributed by atoms with Gasteiger partial charge in [0.15, 0.2) is 5.78 Å². The molecule has 0 unspecified atom stereocenters. The summed E-state index contributed by atoms with van der Waals surface area (Å²) in [5.41, 5.74) is 4.80. The monoisotopic (exact) mass is 413 g/mol. The van der Waals surface area contributed by atoms with Gasteiger partial charge in [0.2, 0.25) is 0 Å². The highest BCUT2D eigenvalue weighted by Crippen LogP contribution is 2.64. The van der Waals surface area contributed by atoms with Crippen LogP contribution in [0.25, 0.3) is 0 Å². The van der Waals surface area contributed by atoms with Gasteiger partial charge in [-0.1, -0.05) is 95.8 Å². The minimum Gasteiger partial charge on any atom is -0.362 e. The van der Waals surface area contributed by atoms with Crippen LogP contribution in [-0.4, -0.2) is 10.8 Å². The van der Waals surface area contributed by atoms with E-state index >= 15 is 0 Å². The zero-order chi connectivity index (χ0) is 19.8. The second-order valence-electron chi connectivity index (χ2n) is 7.13. The molecule has 1 N–H and O–H groups in total. The maximum atomic E-state index is 13.0. The number of H-pyrrole nitrogens is 1. The van der Waals surface area contributed by atoms with Gasteiger partial charge < -0.3 is 4.98 Å². The van der Waals surface area contributed by atoms with Gasteiger partial charge in [0.05, 0.1) is 0 Å². The molecule has 0 amide bonds. The van der Waals surface area contributed by atoms with Gasteiger partial charge in [0.1, 0.15) is 4.08 Å². The van der Waals surface area contributed by atoms with Gasteiger partial charge in [-0.05, 0) is 30.7 Å². The van der Waals surface area contributed by atoms with E-state index in [0.717, 1.165) is 11.3 Å². The smallest absolute Gasteiger partial charge is 0.194 e. The molecular formula is C25H19NOS2. The van der Waals surface area contributed by atoms with Crippen LogP contribution in [0.5, 0.6) is 0 Å². The van der Waals surface area contributed by atoms with E-state index in [2.05, 4.69) is 53.5 Å². The third-order valence-corrected chi connectivity index (χ3v) is 8.39. The fourth-order valence-corrected chi connectivity index (χ4v) is 6.75. The summed E-state index contributed by atoms with van der Waals surface area (Å²) in [7, 11) is 0. The molecule has 2 nitrogen and oxygen atoms in total. The summed E-state index contributed by atoms with van der Waals surface area (Å²) in [4.78, 5) is 19.0. The van der Waals surface area contributed by atoms with Gasteiger partial charge in [-0.25, -0.2) is 0 Å². The highest BCUT2D eigenvalue weighted by atomic mass is 32.2. The fourth-order valence-electron chi connectivity index (χ4n) is 3.58. The predicted molar refractivity (Wildman–Crippen MR) is 121 cm³/mol. The molecule has 0 atom stereocenters. The fraction of sp³-hybridized carbons (Fsp3) is 0.0800. The summed E-state index contributed by atoms with van der Waals surface area (Å²) in [5.74, 6) is 0.0428. The lowest BCUT2D eigenvalue weighted by molar-refractivity contribution is 0.103. The molecular weight excluding hydrogens is 394 g/mol. The first-order chi connectivity index (χ1) is 14.2. The number of rotatable bonds is 4. The van der Waals surface area contributed by atoms with Crippen molar-refractivity contribution in [3.63, 3.8) is 0 Å². The van der Waals surface area contributed by atoms with Crippen LogP contribution in [0.1, 0.15) is 32.7 Å². The number of benzene rings is 3. The molecule has 0 spiro atoms. The molecule has 29 heavy (non-hydrogen) atoms. The molecule has 4 aromatic rings. The number of hydrogen-bond acceptors (Lipinski definition) is 3. The molecule has 1 aliphatic heterocycles. The lowest BCUT2D eigenvalue weighted by atomic mass is 10.0. The summed E-state index contributed by atoms with van der Waals surface area (Å²) in [5, 5.41) is 0. The van der Waals surface area contributed by atoms with Crippen molar-refractivity contribution in [3.8, 4) is 0 Å².